The summed E-state index contributed by atoms with van der Waals surface area (Å²) in [6.45, 7) is 13.0. The van der Waals surface area contributed by atoms with Gasteiger partial charge in [-0.25, -0.2) is 0 Å². The van der Waals surface area contributed by atoms with Gasteiger partial charge in [0.05, 0.1) is 11.6 Å². The molecule has 3 aromatic carbocycles. The lowest BCUT2D eigenvalue weighted by Crippen LogP contribution is -2.44. The lowest BCUT2D eigenvalue weighted by Gasteiger charge is -2.49. The van der Waals surface area contributed by atoms with Crippen molar-refractivity contribution in [2.24, 2.45) is 10.8 Å². The topological polar surface area (TPSA) is 84.9 Å². The van der Waals surface area contributed by atoms with Gasteiger partial charge in [0.2, 0.25) is 0 Å². The summed E-state index contributed by atoms with van der Waals surface area (Å²) in [4.78, 5) is 43.7. The van der Waals surface area contributed by atoms with Crippen LogP contribution in [0.1, 0.15) is 82.9 Å². The molecule has 0 atom stereocenters. The molecule has 3 aliphatic rings. The van der Waals surface area contributed by atoms with Gasteiger partial charge in [-0.1, -0.05) is 87.3 Å². The molecule has 1 N–H and O–H groups in total. The fraction of sp³-hybridized carbons (Fsp3) is 0.390. The molecule has 0 unspecified atom stereocenters. The number of halogens is 1. The Kier molecular flexibility index (Phi) is 9.51. The summed E-state index contributed by atoms with van der Waals surface area (Å²) in [5, 5.41) is 3.08. The van der Waals surface area contributed by atoms with E-state index < -0.39 is 5.92 Å². The minimum atomic E-state index is -0.597. The summed E-state index contributed by atoms with van der Waals surface area (Å²) in [5.74, 6) is -0.256. The van der Waals surface area contributed by atoms with Crippen molar-refractivity contribution in [3.8, 4) is 11.5 Å². The van der Waals surface area contributed by atoms with Gasteiger partial charge in [-0.05, 0) is 72.9 Å². The van der Waals surface area contributed by atoms with Gasteiger partial charge in [0.25, 0.3) is 5.91 Å². The number of amides is 1. The largest absolute Gasteiger partial charge is 0.490 e. The van der Waals surface area contributed by atoms with Gasteiger partial charge in [0, 0.05) is 53.5 Å². The van der Waals surface area contributed by atoms with Gasteiger partial charge in [0.1, 0.15) is 0 Å². The molecule has 8 heteroatoms. The van der Waals surface area contributed by atoms with Crippen molar-refractivity contribution in [3.63, 3.8) is 0 Å². The predicted octanol–water partition coefficient (Wildman–Crippen LogP) is 8.95. The smallest absolute Gasteiger partial charge is 0.262 e. The predicted molar refractivity (Wildman–Crippen MR) is 193 cm³/mol. The quantitative estimate of drug-likeness (QED) is 0.243. The summed E-state index contributed by atoms with van der Waals surface area (Å²) >= 11 is 6.95. The zero-order valence-electron chi connectivity index (χ0n) is 29.2. The number of nitrogens with zero attached hydrogens (tertiary/aromatic N) is 1. The summed E-state index contributed by atoms with van der Waals surface area (Å²) < 4.78 is 12.0. The molecule has 0 saturated carbocycles. The lowest BCUT2D eigenvalue weighted by atomic mass is 9.63. The zero-order chi connectivity index (χ0) is 35.1. The van der Waals surface area contributed by atoms with Crippen LogP contribution in [0.2, 0.25) is 5.02 Å². The van der Waals surface area contributed by atoms with E-state index in [0.717, 1.165) is 22.5 Å². The molecular weight excluding hydrogens is 636 g/mol. The van der Waals surface area contributed by atoms with Crippen molar-refractivity contribution in [2.75, 3.05) is 18.5 Å². The molecule has 256 valence electrons. The van der Waals surface area contributed by atoms with E-state index in [1.807, 2.05) is 62.4 Å². The first-order valence-electron chi connectivity index (χ1n) is 17.0. The van der Waals surface area contributed by atoms with Crippen LogP contribution in [-0.2, 0) is 20.9 Å². The normalized spacial score (nSPS) is 18.6. The molecule has 3 aromatic rings. The van der Waals surface area contributed by atoms with Crippen LogP contribution >= 0.6 is 11.6 Å². The van der Waals surface area contributed by atoms with Gasteiger partial charge < -0.3 is 19.7 Å². The summed E-state index contributed by atoms with van der Waals surface area (Å²) in [7, 11) is 0. The molecule has 2 aliphatic carbocycles. The van der Waals surface area contributed by atoms with Crippen LogP contribution < -0.4 is 14.8 Å². The first-order valence-corrected chi connectivity index (χ1v) is 17.4. The molecule has 0 bridgehead atoms. The van der Waals surface area contributed by atoms with Crippen molar-refractivity contribution in [3.05, 3.63) is 111 Å². The molecule has 0 fully saturated rings. The highest BCUT2D eigenvalue weighted by atomic mass is 35.5. The number of allylic oxidation sites excluding steroid dienone is 4. The molecule has 6 rings (SSSR count). The number of aryl methyl sites for hydroxylation is 1. The molecule has 7 nitrogen and oxygen atoms in total. The number of ketones is 2. The van der Waals surface area contributed by atoms with Crippen molar-refractivity contribution < 1.29 is 23.9 Å². The monoisotopic (exact) mass is 680 g/mol. The molecule has 1 amide bonds. The number of hydrogen-bond acceptors (Lipinski definition) is 6. The van der Waals surface area contributed by atoms with Gasteiger partial charge in [-0.3, -0.25) is 14.4 Å². The SMILES string of the molecule is CCOc1cc(C2C3=C(CC(C)(C)CC3=O)N(Cc3ccccc3)C3=C2C(=O)CC(C)(C)C3)cc(Cl)c1OCC(=O)Nc1ccc(C)cc1. The highest BCUT2D eigenvalue weighted by Crippen LogP contribution is 2.55. The third kappa shape index (κ3) is 7.32. The Morgan fingerprint density at radius 2 is 1.45 bits per heavy atom. The van der Waals surface area contributed by atoms with Gasteiger partial charge in [-0.15, -0.1) is 0 Å². The average Bonchev–Trinajstić information content (AvgIpc) is 3.02. The lowest BCUT2D eigenvalue weighted by molar-refractivity contribution is -0.120. The molecule has 1 heterocycles. The van der Waals surface area contributed by atoms with Gasteiger partial charge >= 0.3 is 0 Å². The number of Topliss-reactive ketones (excluding diaryl/α,β-unsaturated/α-hetero) is 2. The Labute approximate surface area is 294 Å². The van der Waals surface area contributed by atoms with E-state index in [4.69, 9.17) is 21.1 Å². The van der Waals surface area contributed by atoms with Crippen LogP contribution in [0.25, 0.3) is 0 Å². The number of anilines is 1. The fourth-order valence-corrected chi connectivity index (χ4v) is 7.74. The standard InChI is InChI=1S/C41H45ClN2O5/c1-7-48-34-18-27(17-29(42)39(34)49-24-35(47)43-28-15-13-25(2)14-16-28)36-37-30(19-40(3,4)21-32(37)45)44(23-26-11-9-8-10-12-26)31-20-41(5,6)22-33(46)38(31)36/h8-18,36H,7,19-24H2,1-6H3,(H,43,47). The third-order valence-electron chi connectivity index (χ3n) is 9.55. The Morgan fingerprint density at radius 3 is 2.02 bits per heavy atom. The number of carbonyl (C=O) groups is 3. The highest BCUT2D eigenvalue weighted by molar-refractivity contribution is 6.32. The van der Waals surface area contributed by atoms with Crippen molar-refractivity contribution in [2.45, 2.75) is 79.7 Å². The number of benzene rings is 3. The summed E-state index contributed by atoms with van der Waals surface area (Å²) in [6.07, 6.45) is 2.17. The molecule has 0 saturated heterocycles. The maximum atomic E-state index is 14.3. The number of hydrogen-bond donors (Lipinski definition) is 1. The van der Waals surface area contributed by atoms with Crippen LogP contribution in [0, 0.1) is 17.8 Å². The maximum absolute atomic E-state index is 14.3. The second-order valence-electron chi connectivity index (χ2n) is 15.1. The van der Waals surface area contributed by atoms with Gasteiger partial charge in [0.15, 0.2) is 29.7 Å². The van der Waals surface area contributed by atoms with Crippen LogP contribution in [0.3, 0.4) is 0 Å². The molecule has 49 heavy (non-hydrogen) atoms. The zero-order valence-corrected chi connectivity index (χ0v) is 30.0. The maximum Gasteiger partial charge on any atom is 0.262 e. The molecule has 0 spiro atoms. The second kappa shape index (κ2) is 13.5. The van der Waals surface area contributed by atoms with Gasteiger partial charge in [-0.2, -0.15) is 0 Å². The van der Waals surface area contributed by atoms with E-state index >= 15 is 0 Å². The molecule has 1 aliphatic heterocycles. The molecule has 0 aromatic heterocycles. The Balaban J connectivity index is 1.44. The second-order valence-corrected chi connectivity index (χ2v) is 15.5. The van der Waals surface area contributed by atoms with E-state index in [2.05, 4.69) is 50.0 Å². The number of carbonyl (C=O) groups excluding carboxylic acids is 3. The fourth-order valence-electron chi connectivity index (χ4n) is 7.47. The third-order valence-corrected chi connectivity index (χ3v) is 9.83. The van der Waals surface area contributed by atoms with E-state index in [0.29, 0.717) is 67.0 Å². The Morgan fingerprint density at radius 1 is 0.857 bits per heavy atom. The first kappa shape index (κ1) is 34.5. The van der Waals surface area contributed by atoms with Crippen LogP contribution in [0.15, 0.2) is 89.3 Å². The van der Waals surface area contributed by atoms with Crippen molar-refractivity contribution in [1.82, 2.24) is 4.90 Å². The average molecular weight is 681 g/mol. The number of ether oxygens (including phenoxy) is 2. The first-order chi connectivity index (χ1) is 23.2. The Hall–Kier alpha value is -4.36. The minimum Gasteiger partial charge on any atom is -0.490 e. The minimum absolute atomic E-state index is 0.0423. The van der Waals surface area contributed by atoms with Crippen LogP contribution in [0.5, 0.6) is 11.5 Å². The van der Waals surface area contributed by atoms with E-state index in [-0.39, 0.29) is 45.7 Å². The highest BCUT2D eigenvalue weighted by Gasteiger charge is 2.49. The molecule has 0 radical (unpaired) electrons. The number of nitrogens with one attached hydrogen (secondary N) is 1. The van der Waals surface area contributed by atoms with Crippen molar-refractivity contribution in [1.29, 1.82) is 0 Å². The number of rotatable bonds is 9. The summed E-state index contributed by atoms with van der Waals surface area (Å²) in [5.41, 5.74) is 6.34. The molecular formula is C41H45ClN2O5. The van der Waals surface area contributed by atoms with E-state index in [1.165, 1.54) is 0 Å². The van der Waals surface area contributed by atoms with Crippen LogP contribution in [-0.4, -0.2) is 35.6 Å². The Bertz CT molecular complexity index is 1800. The van der Waals surface area contributed by atoms with E-state index in [9.17, 15) is 14.4 Å². The van der Waals surface area contributed by atoms with Crippen molar-refractivity contribution >= 4 is 34.8 Å². The van der Waals surface area contributed by atoms with Crippen LogP contribution in [0.4, 0.5) is 5.69 Å². The van der Waals surface area contributed by atoms with E-state index in [1.54, 1.807) is 6.07 Å². The summed E-state index contributed by atoms with van der Waals surface area (Å²) in [6, 6.07) is 21.3.